The summed E-state index contributed by atoms with van der Waals surface area (Å²) in [7, 11) is 1.32. The molecule has 0 radical (unpaired) electrons. The molecule has 0 bridgehead atoms. The second-order valence-electron chi connectivity index (χ2n) is 6.90. The van der Waals surface area contributed by atoms with Crippen LogP contribution >= 0.6 is 11.3 Å². The van der Waals surface area contributed by atoms with Gasteiger partial charge in [0.25, 0.3) is 5.91 Å². The number of likely N-dealkylation sites (tertiary alicyclic amines) is 1. The number of benzene rings is 1. The SMILES string of the molecule is COC(=O)c1ccc(C(=O)N2CCC(C(=O)c3ccc(C)cc3C)CC2)s1. The van der Waals surface area contributed by atoms with Gasteiger partial charge in [-0.25, -0.2) is 4.79 Å². The molecular weight excluding hydrogens is 362 g/mol. The Bertz CT molecular complexity index is 878. The number of carbonyl (C=O) groups excluding carboxylic acids is 3. The average Bonchev–Trinajstić information content (AvgIpc) is 3.16. The van der Waals surface area contributed by atoms with Gasteiger partial charge in [-0.2, -0.15) is 0 Å². The maximum absolute atomic E-state index is 12.8. The molecule has 3 rings (SSSR count). The predicted octanol–water partition coefficient (Wildman–Crippen LogP) is 3.89. The molecule has 6 heteroatoms. The molecule has 0 spiro atoms. The van der Waals surface area contributed by atoms with Gasteiger partial charge in [0.2, 0.25) is 0 Å². The summed E-state index contributed by atoms with van der Waals surface area (Å²) in [6.07, 6.45) is 1.32. The number of aryl methyl sites for hydroxylation is 2. The van der Waals surface area contributed by atoms with Gasteiger partial charge in [-0.3, -0.25) is 9.59 Å². The molecule has 1 aromatic heterocycles. The molecule has 0 saturated carbocycles. The van der Waals surface area contributed by atoms with E-state index in [-0.39, 0.29) is 17.6 Å². The van der Waals surface area contributed by atoms with Gasteiger partial charge in [-0.1, -0.05) is 23.8 Å². The van der Waals surface area contributed by atoms with Crippen LogP contribution in [0.15, 0.2) is 30.3 Å². The Balaban J connectivity index is 1.63. The van der Waals surface area contributed by atoms with Crippen LogP contribution in [0.4, 0.5) is 0 Å². The highest BCUT2D eigenvalue weighted by Crippen LogP contribution is 2.26. The topological polar surface area (TPSA) is 63.7 Å². The lowest BCUT2D eigenvalue weighted by Gasteiger charge is -2.31. The van der Waals surface area contributed by atoms with Crippen molar-refractivity contribution in [3.8, 4) is 0 Å². The molecule has 1 aromatic carbocycles. The van der Waals surface area contributed by atoms with Crippen LogP contribution in [0.3, 0.4) is 0 Å². The molecule has 0 unspecified atom stereocenters. The smallest absolute Gasteiger partial charge is 0.348 e. The highest BCUT2D eigenvalue weighted by molar-refractivity contribution is 7.15. The zero-order chi connectivity index (χ0) is 19.6. The molecule has 0 N–H and O–H groups in total. The van der Waals surface area contributed by atoms with Gasteiger partial charge in [0.05, 0.1) is 12.0 Å². The predicted molar refractivity (Wildman–Crippen MR) is 105 cm³/mol. The van der Waals surface area contributed by atoms with Crippen molar-refractivity contribution >= 4 is 29.0 Å². The van der Waals surface area contributed by atoms with Crippen LogP contribution in [-0.2, 0) is 4.74 Å². The van der Waals surface area contributed by atoms with Gasteiger partial charge in [-0.15, -0.1) is 11.3 Å². The van der Waals surface area contributed by atoms with Crippen molar-refractivity contribution in [2.45, 2.75) is 26.7 Å². The van der Waals surface area contributed by atoms with E-state index in [9.17, 15) is 14.4 Å². The van der Waals surface area contributed by atoms with E-state index >= 15 is 0 Å². The molecule has 1 amide bonds. The Morgan fingerprint density at radius 2 is 1.70 bits per heavy atom. The van der Waals surface area contributed by atoms with Crippen LogP contribution in [0.1, 0.15) is 53.7 Å². The number of thiophene rings is 1. The number of piperidine rings is 1. The quantitative estimate of drug-likeness (QED) is 0.592. The van der Waals surface area contributed by atoms with Gasteiger partial charge < -0.3 is 9.64 Å². The summed E-state index contributed by atoms with van der Waals surface area (Å²) in [5, 5.41) is 0. The molecule has 5 nitrogen and oxygen atoms in total. The maximum Gasteiger partial charge on any atom is 0.348 e. The summed E-state index contributed by atoms with van der Waals surface area (Å²) in [6, 6.07) is 9.17. The first-order chi connectivity index (χ1) is 12.9. The molecule has 2 heterocycles. The number of nitrogens with zero attached hydrogens (tertiary/aromatic N) is 1. The third-order valence-corrected chi connectivity index (χ3v) is 6.06. The lowest BCUT2D eigenvalue weighted by atomic mass is 9.87. The molecule has 0 aliphatic carbocycles. The average molecular weight is 385 g/mol. The molecule has 1 saturated heterocycles. The highest BCUT2D eigenvalue weighted by Gasteiger charge is 2.29. The molecule has 0 atom stereocenters. The third-order valence-electron chi connectivity index (χ3n) is 5.00. The number of Topliss-reactive ketones (excluding diaryl/α,β-unsaturated/α-hetero) is 1. The number of carbonyl (C=O) groups is 3. The maximum atomic E-state index is 12.8. The Kier molecular flexibility index (Phi) is 5.75. The lowest BCUT2D eigenvalue weighted by molar-refractivity contribution is 0.0606. The van der Waals surface area contributed by atoms with Crippen molar-refractivity contribution in [3.05, 3.63) is 56.8 Å². The van der Waals surface area contributed by atoms with Crippen molar-refractivity contribution < 1.29 is 19.1 Å². The van der Waals surface area contributed by atoms with Crippen LogP contribution in [0.2, 0.25) is 0 Å². The number of ketones is 1. The van der Waals surface area contributed by atoms with Gasteiger partial charge in [0, 0.05) is 24.6 Å². The van der Waals surface area contributed by atoms with E-state index in [1.54, 1.807) is 17.0 Å². The standard InChI is InChI=1S/C21H23NO4S/c1-13-4-5-16(14(2)12-13)19(23)15-8-10-22(11-9-15)20(24)17-6-7-18(27-17)21(25)26-3/h4-7,12,15H,8-11H2,1-3H3. The molecule has 142 valence electrons. The van der Waals surface area contributed by atoms with Crippen molar-refractivity contribution in [1.82, 2.24) is 4.90 Å². The van der Waals surface area contributed by atoms with Crippen molar-refractivity contribution in [1.29, 1.82) is 0 Å². The van der Waals surface area contributed by atoms with E-state index in [2.05, 4.69) is 4.74 Å². The van der Waals surface area contributed by atoms with Gasteiger partial charge >= 0.3 is 5.97 Å². The molecule has 27 heavy (non-hydrogen) atoms. The summed E-state index contributed by atoms with van der Waals surface area (Å²) in [6.45, 7) is 5.08. The van der Waals surface area contributed by atoms with Crippen LogP contribution in [0.25, 0.3) is 0 Å². The number of hydrogen-bond acceptors (Lipinski definition) is 5. The molecular formula is C21H23NO4S. The van der Waals surface area contributed by atoms with Gasteiger partial charge in [0.1, 0.15) is 4.88 Å². The summed E-state index contributed by atoms with van der Waals surface area (Å²) in [5.41, 5.74) is 2.94. The Hall–Kier alpha value is -2.47. The van der Waals surface area contributed by atoms with Crippen molar-refractivity contribution in [3.63, 3.8) is 0 Å². The Morgan fingerprint density at radius 1 is 1.04 bits per heavy atom. The van der Waals surface area contributed by atoms with E-state index in [0.29, 0.717) is 35.7 Å². The number of ether oxygens (including phenoxy) is 1. The monoisotopic (exact) mass is 385 g/mol. The first-order valence-electron chi connectivity index (χ1n) is 8.99. The molecule has 2 aromatic rings. The van der Waals surface area contributed by atoms with Crippen molar-refractivity contribution in [2.24, 2.45) is 5.92 Å². The van der Waals surface area contributed by atoms with E-state index in [1.807, 2.05) is 32.0 Å². The minimum atomic E-state index is -0.433. The van der Waals surface area contributed by atoms with Gasteiger partial charge in [-0.05, 0) is 44.4 Å². The third kappa shape index (κ3) is 4.11. The van der Waals surface area contributed by atoms with Crippen LogP contribution in [-0.4, -0.2) is 42.8 Å². The van der Waals surface area contributed by atoms with Crippen molar-refractivity contribution in [2.75, 3.05) is 20.2 Å². The Morgan fingerprint density at radius 3 is 2.33 bits per heavy atom. The van der Waals surface area contributed by atoms with E-state index in [4.69, 9.17) is 0 Å². The first kappa shape index (κ1) is 19.3. The normalized spacial score (nSPS) is 14.9. The van der Waals surface area contributed by atoms with E-state index < -0.39 is 5.97 Å². The summed E-state index contributed by atoms with van der Waals surface area (Å²) in [4.78, 5) is 39.8. The van der Waals surface area contributed by atoms with Crippen LogP contribution in [0, 0.1) is 19.8 Å². The number of methoxy groups -OCH3 is 1. The number of rotatable bonds is 4. The first-order valence-corrected chi connectivity index (χ1v) is 9.81. The number of esters is 1. The van der Waals surface area contributed by atoms with E-state index in [1.165, 1.54) is 7.11 Å². The minimum Gasteiger partial charge on any atom is -0.465 e. The minimum absolute atomic E-state index is 0.0515. The zero-order valence-electron chi connectivity index (χ0n) is 15.8. The van der Waals surface area contributed by atoms with Crippen LogP contribution < -0.4 is 0 Å². The fourth-order valence-electron chi connectivity index (χ4n) is 3.47. The highest BCUT2D eigenvalue weighted by atomic mass is 32.1. The number of amides is 1. The summed E-state index contributed by atoms with van der Waals surface area (Å²) < 4.78 is 4.68. The fraction of sp³-hybridized carbons (Fsp3) is 0.381. The lowest BCUT2D eigenvalue weighted by Crippen LogP contribution is -2.40. The molecule has 1 aliphatic rings. The zero-order valence-corrected chi connectivity index (χ0v) is 16.6. The number of hydrogen-bond donors (Lipinski definition) is 0. The molecule has 1 fully saturated rings. The Labute approximate surface area is 162 Å². The van der Waals surface area contributed by atoms with Gasteiger partial charge in [0.15, 0.2) is 5.78 Å². The fourth-order valence-corrected chi connectivity index (χ4v) is 4.37. The second kappa shape index (κ2) is 8.05. The largest absolute Gasteiger partial charge is 0.465 e. The molecule has 1 aliphatic heterocycles. The summed E-state index contributed by atoms with van der Waals surface area (Å²) >= 11 is 1.14. The second-order valence-corrected chi connectivity index (χ2v) is 7.99. The summed E-state index contributed by atoms with van der Waals surface area (Å²) in [5.74, 6) is -0.405. The van der Waals surface area contributed by atoms with E-state index in [0.717, 1.165) is 28.0 Å². The van der Waals surface area contributed by atoms with Crippen LogP contribution in [0.5, 0.6) is 0 Å².